The minimum Gasteiger partial charge on any atom is -0.229 e. The standard InChI is InChI=1S/C5H9FO4S2/c1-4(12(6,9)10)5-2-11(7,8)3-5/h4-5H,2-3H2,1H3. The van der Waals surface area contributed by atoms with Crippen LogP contribution in [0.2, 0.25) is 0 Å². The van der Waals surface area contributed by atoms with Crippen molar-refractivity contribution in [2.45, 2.75) is 12.2 Å². The molecule has 0 aromatic carbocycles. The fraction of sp³-hybridized carbons (Fsp3) is 1.00. The first kappa shape index (κ1) is 9.91. The van der Waals surface area contributed by atoms with Gasteiger partial charge < -0.3 is 0 Å². The van der Waals surface area contributed by atoms with Gasteiger partial charge in [-0.15, -0.1) is 3.89 Å². The fourth-order valence-electron chi connectivity index (χ4n) is 1.10. The van der Waals surface area contributed by atoms with Crippen molar-refractivity contribution in [2.75, 3.05) is 11.5 Å². The second-order valence-corrected chi connectivity index (χ2v) is 6.87. The van der Waals surface area contributed by atoms with E-state index in [1.165, 1.54) is 6.92 Å². The Morgan fingerprint density at radius 3 is 2.08 bits per heavy atom. The quantitative estimate of drug-likeness (QED) is 0.595. The van der Waals surface area contributed by atoms with E-state index >= 15 is 0 Å². The molecule has 1 aliphatic rings. The van der Waals surface area contributed by atoms with E-state index in [0.717, 1.165) is 0 Å². The highest BCUT2D eigenvalue weighted by Crippen LogP contribution is 2.26. The molecule has 0 aromatic rings. The molecule has 12 heavy (non-hydrogen) atoms. The van der Waals surface area contributed by atoms with Crippen LogP contribution in [0.3, 0.4) is 0 Å². The zero-order valence-corrected chi connectivity index (χ0v) is 8.03. The van der Waals surface area contributed by atoms with Crippen molar-refractivity contribution in [3.63, 3.8) is 0 Å². The Morgan fingerprint density at radius 1 is 1.42 bits per heavy atom. The van der Waals surface area contributed by atoms with E-state index in [1.807, 2.05) is 0 Å². The van der Waals surface area contributed by atoms with Crippen molar-refractivity contribution < 1.29 is 20.7 Å². The van der Waals surface area contributed by atoms with Crippen molar-refractivity contribution in [3.05, 3.63) is 0 Å². The molecule has 1 atom stereocenters. The van der Waals surface area contributed by atoms with Gasteiger partial charge in [0, 0.05) is 5.92 Å². The molecule has 1 aliphatic heterocycles. The molecular formula is C5H9FO4S2. The van der Waals surface area contributed by atoms with E-state index in [-0.39, 0.29) is 11.5 Å². The van der Waals surface area contributed by atoms with Crippen LogP contribution in [0.1, 0.15) is 6.92 Å². The van der Waals surface area contributed by atoms with Gasteiger partial charge in [-0.05, 0) is 6.92 Å². The molecule has 0 aliphatic carbocycles. The number of sulfone groups is 1. The van der Waals surface area contributed by atoms with Crippen LogP contribution < -0.4 is 0 Å². The Morgan fingerprint density at radius 2 is 1.83 bits per heavy atom. The molecule has 1 unspecified atom stereocenters. The Labute approximate surface area is 70.9 Å². The lowest BCUT2D eigenvalue weighted by Crippen LogP contribution is -2.44. The third-order valence-corrected chi connectivity index (χ3v) is 5.19. The molecule has 72 valence electrons. The van der Waals surface area contributed by atoms with Crippen molar-refractivity contribution in [2.24, 2.45) is 5.92 Å². The Bertz CT molecular complexity index is 356. The highest BCUT2D eigenvalue weighted by molar-refractivity contribution is 7.93. The van der Waals surface area contributed by atoms with Gasteiger partial charge >= 0.3 is 10.2 Å². The summed E-state index contributed by atoms with van der Waals surface area (Å²) in [6.07, 6.45) is 0. The first-order chi connectivity index (χ1) is 5.22. The van der Waals surface area contributed by atoms with Crippen molar-refractivity contribution in [1.29, 1.82) is 0 Å². The van der Waals surface area contributed by atoms with E-state index in [2.05, 4.69) is 0 Å². The zero-order chi connectivity index (χ0) is 9.57. The van der Waals surface area contributed by atoms with Gasteiger partial charge in [0.25, 0.3) is 0 Å². The third-order valence-electron chi connectivity index (χ3n) is 2.04. The summed E-state index contributed by atoms with van der Waals surface area (Å²) in [6, 6.07) is 0. The molecule has 0 saturated carbocycles. The molecular weight excluding hydrogens is 207 g/mol. The molecule has 0 spiro atoms. The topological polar surface area (TPSA) is 68.3 Å². The number of halogens is 1. The number of hydrogen-bond acceptors (Lipinski definition) is 4. The third kappa shape index (κ3) is 1.95. The van der Waals surface area contributed by atoms with E-state index in [1.54, 1.807) is 0 Å². The van der Waals surface area contributed by atoms with Crippen LogP contribution in [0.5, 0.6) is 0 Å². The van der Waals surface area contributed by atoms with E-state index < -0.39 is 31.2 Å². The zero-order valence-electron chi connectivity index (χ0n) is 6.40. The van der Waals surface area contributed by atoms with Gasteiger partial charge in [0.1, 0.15) is 0 Å². The lowest BCUT2D eigenvalue weighted by atomic mass is 10.1. The summed E-state index contributed by atoms with van der Waals surface area (Å²) in [5.74, 6) is -0.987. The van der Waals surface area contributed by atoms with Gasteiger partial charge in [-0.2, -0.15) is 8.42 Å². The maximum absolute atomic E-state index is 12.3. The summed E-state index contributed by atoms with van der Waals surface area (Å²) in [5, 5.41) is -1.19. The Balaban J connectivity index is 2.67. The van der Waals surface area contributed by atoms with Crippen LogP contribution in [0.4, 0.5) is 3.89 Å². The van der Waals surface area contributed by atoms with Crippen molar-refractivity contribution >= 4 is 20.1 Å². The summed E-state index contributed by atoms with van der Waals surface area (Å²) >= 11 is 0. The predicted molar refractivity (Wildman–Crippen MR) is 41.6 cm³/mol. The highest BCUT2D eigenvalue weighted by Gasteiger charge is 2.42. The van der Waals surface area contributed by atoms with E-state index in [0.29, 0.717) is 0 Å². The van der Waals surface area contributed by atoms with Crippen LogP contribution in [0, 0.1) is 5.92 Å². The Hall–Kier alpha value is -0.170. The Kier molecular flexibility index (Phi) is 2.20. The average Bonchev–Trinajstić information content (AvgIpc) is 1.78. The molecule has 1 saturated heterocycles. The van der Waals surface area contributed by atoms with Gasteiger partial charge in [0.15, 0.2) is 9.84 Å². The largest absolute Gasteiger partial charge is 0.305 e. The van der Waals surface area contributed by atoms with Crippen LogP contribution in [0.25, 0.3) is 0 Å². The second-order valence-electron chi connectivity index (χ2n) is 3.02. The van der Waals surface area contributed by atoms with Crippen LogP contribution in [-0.4, -0.2) is 33.6 Å². The second kappa shape index (κ2) is 2.66. The maximum Gasteiger partial charge on any atom is 0.305 e. The highest BCUT2D eigenvalue weighted by atomic mass is 32.3. The fourth-order valence-corrected chi connectivity index (χ4v) is 3.78. The van der Waals surface area contributed by atoms with Crippen molar-refractivity contribution in [3.8, 4) is 0 Å². The van der Waals surface area contributed by atoms with Gasteiger partial charge in [-0.25, -0.2) is 8.42 Å². The SMILES string of the molecule is CC(C1CS(=O)(=O)C1)S(=O)(=O)F. The molecule has 0 N–H and O–H groups in total. The van der Waals surface area contributed by atoms with Gasteiger partial charge in [0.05, 0.1) is 16.8 Å². The van der Waals surface area contributed by atoms with Gasteiger partial charge in [-0.3, -0.25) is 0 Å². The molecule has 4 nitrogen and oxygen atoms in total. The number of rotatable bonds is 2. The van der Waals surface area contributed by atoms with Crippen LogP contribution >= 0.6 is 0 Å². The molecule has 0 bridgehead atoms. The van der Waals surface area contributed by atoms with Crippen molar-refractivity contribution in [1.82, 2.24) is 0 Å². The van der Waals surface area contributed by atoms with Gasteiger partial charge in [-0.1, -0.05) is 0 Å². The lowest BCUT2D eigenvalue weighted by molar-refractivity contribution is 0.479. The minimum absolute atomic E-state index is 0.211. The van der Waals surface area contributed by atoms with Crippen LogP contribution in [0.15, 0.2) is 0 Å². The minimum atomic E-state index is -4.58. The normalized spacial score (nSPS) is 26.2. The van der Waals surface area contributed by atoms with Gasteiger partial charge in [0.2, 0.25) is 0 Å². The molecule has 0 aromatic heterocycles. The number of hydrogen-bond donors (Lipinski definition) is 0. The molecule has 0 radical (unpaired) electrons. The lowest BCUT2D eigenvalue weighted by Gasteiger charge is -2.28. The van der Waals surface area contributed by atoms with Crippen LogP contribution in [-0.2, 0) is 20.1 Å². The summed E-state index contributed by atoms with van der Waals surface area (Å²) in [5.41, 5.74) is 0. The summed E-state index contributed by atoms with van der Waals surface area (Å²) in [7, 11) is -7.64. The predicted octanol–water partition coefficient (Wildman–Crippen LogP) is -0.281. The van der Waals surface area contributed by atoms with E-state index in [4.69, 9.17) is 0 Å². The van der Waals surface area contributed by atoms with E-state index in [9.17, 15) is 20.7 Å². The maximum atomic E-state index is 12.3. The summed E-state index contributed by atoms with van der Waals surface area (Å²) in [6.45, 7) is 1.19. The summed E-state index contributed by atoms with van der Waals surface area (Å²) < 4.78 is 54.1. The molecule has 1 rings (SSSR count). The average molecular weight is 216 g/mol. The molecule has 1 fully saturated rings. The summed E-state index contributed by atoms with van der Waals surface area (Å²) in [4.78, 5) is 0. The first-order valence-electron chi connectivity index (χ1n) is 3.36. The first-order valence-corrected chi connectivity index (χ1v) is 6.63. The molecule has 0 amide bonds. The smallest absolute Gasteiger partial charge is 0.229 e. The molecule has 1 heterocycles. The monoisotopic (exact) mass is 216 g/mol. The molecule has 7 heteroatoms.